The van der Waals surface area contributed by atoms with E-state index in [-0.39, 0.29) is 11.8 Å². The van der Waals surface area contributed by atoms with Gasteiger partial charge in [-0.3, -0.25) is 4.90 Å². The van der Waals surface area contributed by atoms with Gasteiger partial charge in [-0.15, -0.1) is 0 Å². The molecule has 1 aliphatic carbocycles. The molecule has 0 unspecified atom stereocenters. The van der Waals surface area contributed by atoms with E-state index in [1.54, 1.807) is 20.2 Å². The van der Waals surface area contributed by atoms with Crippen molar-refractivity contribution in [3.8, 4) is 11.6 Å². The fraction of sp³-hybridized carbons (Fsp3) is 0.371. The Morgan fingerprint density at radius 3 is 2.45 bits per heavy atom. The topological polar surface area (TPSA) is 85.0 Å². The van der Waals surface area contributed by atoms with Crippen LogP contribution in [0.25, 0.3) is 10.9 Å². The third kappa shape index (κ3) is 7.39. The maximum absolute atomic E-state index is 14.5. The summed E-state index contributed by atoms with van der Waals surface area (Å²) in [5, 5.41) is 7.27. The highest BCUT2D eigenvalue weighted by atomic mass is 19.1. The Kier molecular flexibility index (Phi) is 10.2. The summed E-state index contributed by atoms with van der Waals surface area (Å²) >= 11 is 0. The minimum atomic E-state index is -0.367. The van der Waals surface area contributed by atoms with Gasteiger partial charge in [0.2, 0.25) is 5.88 Å². The standard InChI is InChI=1S/C35H41FN4O4/c1-37-32-19-28(36)18-25-17-26(34(39-33(25)32)44-22-23-10-13-30(42-3)14-11-23)20-38-31-15-12-24(35(41)43-4)16-27(31)21-40(2)29-8-6-5-7-9-29/h10-19,29,37-38H,5-9,20-22H2,1-4H3. The maximum Gasteiger partial charge on any atom is 0.337 e. The van der Waals surface area contributed by atoms with Crippen LogP contribution in [0.3, 0.4) is 0 Å². The Bertz CT molecular complexity index is 1590. The molecule has 0 bridgehead atoms. The van der Waals surface area contributed by atoms with Crippen molar-refractivity contribution in [2.75, 3.05) is 38.9 Å². The van der Waals surface area contributed by atoms with Crippen molar-refractivity contribution in [1.82, 2.24) is 9.88 Å². The fourth-order valence-corrected chi connectivity index (χ4v) is 5.85. The van der Waals surface area contributed by atoms with Gasteiger partial charge in [-0.2, -0.15) is 0 Å². The maximum atomic E-state index is 14.5. The Morgan fingerprint density at radius 1 is 0.977 bits per heavy atom. The summed E-state index contributed by atoms with van der Waals surface area (Å²) in [6.07, 6.45) is 6.13. The number of nitrogens with zero attached hydrogens (tertiary/aromatic N) is 2. The van der Waals surface area contributed by atoms with Crippen LogP contribution in [0.5, 0.6) is 11.6 Å². The van der Waals surface area contributed by atoms with Gasteiger partial charge in [0, 0.05) is 42.8 Å². The fourth-order valence-electron chi connectivity index (χ4n) is 5.85. The molecule has 3 aromatic carbocycles. The van der Waals surface area contributed by atoms with Gasteiger partial charge in [0.15, 0.2) is 0 Å². The van der Waals surface area contributed by atoms with Crippen molar-refractivity contribution in [3.05, 3.63) is 88.7 Å². The van der Waals surface area contributed by atoms with Crippen molar-refractivity contribution in [2.45, 2.75) is 57.8 Å². The number of benzene rings is 3. The van der Waals surface area contributed by atoms with Gasteiger partial charge < -0.3 is 24.8 Å². The first-order chi connectivity index (χ1) is 21.4. The lowest BCUT2D eigenvalue weighted by Gasteiger charge is -2.31. The number of anilines is 2. The van der Waals surface area contributed by atoms with Crippen LogP contribution in [0.1, 0.15) is 59.2 Å². The molecule has 44 heavy (non-hydrogen) atoms. The summed E-state index contributed by atoms with van der Waals surface area (Å²) in [4.78, 5) is 19.6. The highest BCUT2D eigenvalue weighted by Gasteiger charge is 2.20. The largest absolute Gasteiger partial charge is 0.497 e. The molecule has 9 heteroatoms. The second-order valence-corrected chi connectivity index (χ2v) is 11.3. The quantitative estimate of drug-likeness (QED) is 0.166. The zero-order chi connectivity index (χ0) is 31.1. The van der Waals surface area contributed by atoms with Gasteiger partial charge in [0.1, 0.15) is 18.2 Å². The van der Waals surface area contributed by atoms with Crippen LogP contribution in [0.15, 0.2) is 60.7 Å². The van der Waals surface area contributed by atoms with E-state index >= 15 is 0 Å². The van der Waals surface area contributed by atoms with E-state index in [1.807, 2.05) is 42.5 Å². The average Bonchev–Trinajstić information content (AvgIpc) is 3.06. The van der Waals surface area contributed by atoms with Gasteiger partial charge in [0.25, 0.3) is 0 Å². The van der Waals surface area contributed by atoms with Gasteiger partial charge in [-0.25, -0.2) is 14.2 Å². The molecule has 1 fully saturated rings. The summed E-state index contributed by atoms with van der Waals surface area (Å²) < 4.78 is 31.0. The van der Waals surface area contributed by atoms with E-state index in [2.05, 4.69) is 22.6 Å². The second kappa shape index (κ2) is 14.4. The number of esters is 1. The van der Waals surface area contributed by atoms with Gasteiger partial charge in [-0.1, -0.05) is 31.4 Å². The average molecular weight is 601 g/mol. The number of methoxy groups -OCH3 is 2. The Morgan fingerprint density at radius 2 is 1.75 bits per heavy atom. The number of hydrogen-bond acceptors (Lipinski definition) is 8. The molecule has 1 saturated carbocycles. The number of pyridine rings is 1. The zero-order valence-corrected chi connectivity index (χ0v) is 25.9. The van der Waals surface area contributed by atoms with Crippen LogP contribution in [0, 0.1) is 5.82 Å². The number of hydrogen-bond donors (Lipinski definition) is 2. The van der Waals surface area contributed by atoms with E-state index in [4.69, 9.17) is 19.2 Å². The smallest absolute Gasteiger partial charge is 0.337 e. The van der Waals surface area contributed by atoms with E-state index in [9.17, 15) is 9.18 Å². The molecule has 1 heterocycles. The van der Waals surface area contributed by atoms with E-state index in [0.717, 1.165) is 28.1 Å². The number of fused-ring (bicyclic) bond motifs is 1. The summed E-state index contributed by atoms with van der Waals surface area (Å²) in [6, 6.07) is 18.6. The van der Waals surface area contributed by atoms with E-state index in [0.29, 0.717) is 53.8 Å². The molecule has 5 rings (SSSR count). The van der Waals surface area contributed by atoms with Gasteiger partial charge in [0.05, 0.1) is 31.0 Å². The van der Waals surface area contributed by atoms with Crippen LogP contribution < -0.4 is 20.1 Å². The van der Waals surface area contributed by atoms with Gasteiger partial charge in [-0.05, 0) is 79.5 Å². The second-order valence-electron chi connectivity index (χ2n) is 11.3. The Labute approximate surface area is 258 Å². The van der Waals surface area contributed by atoms with Gasteiger partial charge >= 0.3 is 5.97 Å². The van der Waals surface area contributed by atoms with Crippen molar-refractivity contribution < 1.29 is 23.4 Å². The summed E-state index contributed by atoms with van der Waals surface area (Å²) in [7, 11) is 6.92. The lowest BCUT2D eigenvalue weighted by Crippen LogP contribution is -2.33. The lowest BCUT2D eigenvalue weighted by atomic mass is 9.94. The minimum absolute atomic E-state index is 0.302. The molecule has 8 nitrogen and oxygen atoms in total. The molecular weight excluding hydrogens is 559 g/mol. The van der Waals surface area contributed by atoms with Crippen LogP contribution in [-0.4, -0.2) is 50.2 Å². The van der Waals surface area contributed by atoms with Crippen LogP contribution in [-0.2, 0) is 24.4 Å². The molecule has 2 N–H and O–H groups in total. The molecule has 0 saturated heterocycles. The Hall–Kier alpha value is -4.37. The number of aromatic nitrogens is 1. The molecule has 0 aliphatic heterocycles. The predicted octanol–water partition coefficient (Wildman–Crippen LogP) is 7.17. The molecule has 4 aromatic rings. The molecule has 0 spiro atoms. The lowest BCUT2D eigenvalue weighted by molar-refractivity contribution is 0.0600. The Balaban J connectivity index is 1.45. The summed E-state index contributed by atoms with van der Waals surface area (Å²) in [5.74, 6) is 0.511. The molecular formula is C35H41FN4O4. The monoisotopic (exact) mass is 600 g/mol. The minimum Gasteiger partial charge on any atom is -0.497 e. The third-order valence-corrected chi connectivity index (χ3v) is 8.34. The number of rotatable bonds is 12. The number of halogens is 1. The third-order valence-electron chi connectivity index (χ3n) is 8.34. The molecule has 1 aromatic heterocycles. The van der Waals surface area contributed by atoms with Crippen LogP contribution >= 0.6 is 0 Å². The first kappa shape index (κ1) is 31.1. The highest BCUT2D eigenvalue weighted by Crippen LogP contribution is 2.31. The normalized spacial score (nSPS) is 13.6. The van der Waals surface area contributed by atoms with Crippen LogP contribution in [0.4, 0.5) is 15.8 Å². The zero-order valence-electron chi connectivity index (χ0n) is 25.9. The van der Waals surface area contributed by atoms with E-state index < -0.39 is 0 Å². The highest BCUT2D eigenvalue weighted by molar-refractivity contribution is 5.92. The number of ether oxygens (including phenoxy) is 3. The first-order valence-corrected chi connectivity index (χ1v) is 15.1. The summed E-state index contributed by atoms with van der Waals surface area (Å²) in [5.41, 5.74) is 5.36. The van der Waals surface area contributed by atoms with Crippen molar-refractivity contribution in [3.63, 3.8) is 0 Å². The molecule has 0 amide bonds. The SMILES string of the molecule is CNc1cc(F)cc2cc(CNc3ccc(C(=O)OC)cc3CN(C)C3CCCCC3)c(OCc3ccc(OC)cc3)nc12. The molecule has 0 radical (unpaired) electrons. The number of nitrogens with one attached hydrogen (secondary N) is 2. The first-order valence-electron chi connectivity index (χ1n) is 15.1. The molecule has 0 atom stereocenters. The number of carbonyl (C=O) groups is 1. The number of carbonyl (C=O) groups excluding carboxylic acids is 1. The predicted molar refractivity (Wildman–Crippen MR) is 172 cm³/mol. The molecule has 232 valence electrons. The van der Waals surface area contributed by atoms with Crippen molar-refractivity contribution >= 4 is 28.2 Å². The van der Waals surface area contributed by atoms with Crippen molar-refractivity contribution in [1.29, 1.82) is 0 Å². The summed E-state index contributed by atoms with van der Waals surface area (Å²) in [6.45, 7) is 1.37. The van der Waals surface area contributed by atoms with Crippen molar-refractivity contribution in [2.24, 2.45) is 0 Å². The van der Waals surface area contributed by atoms with Crippen LogP contribution in [0.2, 0.25) is 0 Å². The molecule has 1 aliphatic rings. The van der Waals surface area contributed by atoms with E-state index in [1.165, 1.54) is 51.3 Å².